The van der Waals surface area contributed by atoms with Gasteiger partial charge in [-0.1, -0.05) is 17.7 Å². The highest BCUT2D eigenvalue weighted by molar-refractivity contribution is 6.31. The predicted molar refractivity (Wildman–Crippen MR) is 103 cm³/mol. The molecule has 1 amide bonds. The zero-order chi connectivity index (χ0) is 19.1. The minimum atomic E-state index is -0.596. The first kappa shape index (κ1) is 19.9. The van der Waals surface area contributed by atoms with Crippen LogP contribution in [0.3, 0.4) is 0 Å². The molecule has 0 aliphatic carbocycles. The fourth-order valence-corrected chi connectivity index (χ4v) is 2.58. The highest BCUT2D eigenvalue weighted by Crippen LogP contribution is 2.27. The highest BCUT2D eigenvalue weighted by atomic mass is 35.5. The summed E-state index contributed by atoms with van der Waals surface area (Å²) < 4.78 is 16.2. The van der Waals surface area contributed by atoms with Crippen molar-refractivity contribution in [3.05, 3.63) is 52.5 Å². The molecule has 0 spiro atoms. The molecule has 26 heavy (non-hydrogen) atoms. The van der Waals surface area contributed by atoms with Crippen LogP contribution >= 0.6 is 11.6 Å². The van der Waals surface area contributed by atoms with Gasteiger partial charge >= 0.3 is 0 Å². The van der Waals surface area contributed by atoms with E-state index in [0.717, 1.165) is 11.1 Å². The molecule has 0 heterocycles. The summed E-state index contributed by atoms with van der Waals surface area (Å²) in [7, 11) is 3.20. The molecule has 140 valence electrons. The van der Waals surface area contributed by atoms with Crippen molar-refractivity contribution in [2.24, 2.45) is 0 Å². The zero-order valence-corrected chi connectivity index (χ0v) is 16.2. The molecule has 0 aliphatic heterocycles. The van der Waals surface area contributed by atoms with Crippen LogP contribution in [0, 0.1) is 6.92 Å². The lowest BCUT2D eigenvalue weighted by atomic mass is 10.1. The van der Waals surface area contributed by atoms with Crippen molar-refractivity contribution in [1.29, 1.82) is 0 Å². The van der Waals surface area contributed by atoms with Crippen molar-refractivity contribution in [2.45, 2.75) is 26.4 Å². The molecule has 2 aromatic rings. The molecule has 0 aliphatic rings. The van der Waals surface area contributed by atoms with Crippen molar-refractivity contribution in [1.82, 2.24) is 5.32 Å². The fraction of sp³-hybridized carbons (Fsp3) is 0.350. The van der Waals surface area contributed by atoms with E-state index in [-0.39, 0.29) is 5.91 Å². The number of ether oxygens (including phenoxy) is 3. The largest absolute Gasteiger partial charge is 0.493 e. The summed E-state index contributed by atoms with van der Waals surface area (Å²) in [5.41, 5.74) is 1.95. The van der Waals surface area contributed by atoms with Crippen LogP contribution in [0.4, 0.5) is 0 Å². The molecule has 0 radical (unpaired) electrons. The number of benzene rings is 2. The first-order valence-corrected chi connectivity index (χ1v) is 8.73. The summed E-state index contributed by atoms with van der Waals surface area (Å²) in [6.45, 7) is 4.11. The molecule has 6 heteroatoms. The Morgan fingerprint density at radius 3 is 2.50 bits per heavy atom. The second-order valence-electron chi connectivity index (χ2n) is 5.90. The Bertz CT molecular complexity index is 763. The van der Waals surface area contributed by atoms with Gasteiger partial charge in [-0.2, -0.15) is 0 Å². The van der Waals surface area contributed by atoms with Gasteiger partial charge in [0.25, 0.3) is 5.91 Å². The van der Waals surface area contributed by atoms with Crippen LogP contribution in [0.5, 0.6) is 17.2 Å². The fourth-order valence-electron chi connectivity index (χ4n) is 2.46. The van der Waals surface area contributed by atoms with Crippen molar-refractivity contribution in [3.8, 4) is 17.2 Å². The summed E-state index contributed by atoms with van der Waals surface area (Å²) in [6, 6.07) is 11.0. The van der Waals surface area contributed by atoms with Gasteiger partial charge in [0.15, 0.2) is 17.6 Å². The van der Waals surface area contributed by atoms with Gasteiger partial charge in [-0.3, -0.25) is 4.79 Å². The first-order valence-electron chi connectivity index (χ1n) is 8.36. The molecule has 0 unspecified atom stereocenters. The third-order valence-corrected chi connectivity index (χ3v) is 4.40. The van der Waals surface area contributed by atoms with E-state index in [0.29, 0.717) is 35.2 Å². The Morgan fingerprint density at radius 1 is 1.12 bits per heavy atom. The number of rotatable bonds is 8. The molecule has 0 bridgehead atoms. The molecule has 2 rings (SSSR count). The van der Waals surface area contributed by atoms with Gasteiger partial charge < -0.3 is 19.5 Å². The molecule has 0 saturated heterocycles. The minimum Gasteiger partial charge on any atom is -0.493 e. The number of aryl methyl sites for hydroxylation is 1. The number of hydrogen-bond acceptors (Lipinski definition) is 4. The molecule has 0 fully saturated rings. The van der Waals surface area contributed by atoms with E-state index in [1.807, 2.05) is 31.2 Å². The van der Waals surface area contributed by atoms with Gasteiger partial charge in [0.1, 0.15) is 5.75 Å². The monoisotopic (exact) mass is 377 g/mol. The topological polar surface area (TPSA) is 56.8 Å². The van der Waals surface area contributed by atoms with Crippen LogP contribution in [0.1, 0.15) is 18.1 Å². The number of methoxy groups -OCH3 is 2. The SMILES string of the molecule is COc1ccc(CCNC(=O)[C@H](C)Oc2ccc(Cl)c(C)c2)cc1OC. The quantitative estimate of drug-likeness (QED) is 0.760. The Hall–Kier alpha value is -2.40. The number of nitrogens with one attached hydrogen (secondary N) is 1. The highest BCUT2D eigenvalue weighted by Gasteiger charge is 2.14. The maximum absolute atomic E-state index is 12.2. The van der Waals surface area contributed by atoms with Crippen molar-refractivity contribution >= 4 is 17.5 Å². The van der Waals surface area contributed by atoms with Gasteiger partial charge in [-0.25, -0.2) is 0 Å². The molecule has 1 N–H and O–H groups in total. The maximum atomic E-state index is 12.2. The van der Waals surface area contributed by atoms with Crippen molar-refractivity contribution < 1.29 is 19.0 Å². The lowest BCUT2D eigenvalue weighted by Crippen LogP contribution is -2.37. The Balaban J connectivity index is 1.85. The normalized spacial score (nSPS) is 11.6. The van der Waals surface area contributed by atoms with Crippen LogP contribution in [-0.4, -0.2) is 32.8 Å². The summed E-state index contributed by atoms with van der Waals surface area (Å²) in [5.74, 6) is 1.80. The molecule has 5 nitrogen and oxygen atoms in total. The van der Waals surface area contributed by atoms with Crippen LogP contribution in [0.25, 0.3) is 0 Å². The second-order valence-corrected chi connectivity index (χ2v) is 6.31. The summed E-state index contributed by atoms with van der Waals surface area (Å²) in [5, 5.41) is 3.55. The average molecular weight is 378 g/mol. The second kappa shape index (κ2) is 9.34. The molecule has 0 aromatic heterocycles. The number of hydrogen-bond donors (Lipinski definition) is 1. The zero-order valence-electron chi connectivity index (χ0n) is 15.5. The van der Waals surface area contributed by atoms with E-state index in [1.54, 1.807) is 33.3 Å². The van der Waals surface area contributed by atoms with E-state index in [4.69, 9.17) is 25.8 Å². The Morgan fingerprint density at radius 2 is 1.85 bits per heavy atom. The third-order valence-electron chi connectivity index (χ3n) is 3.97. The number of amides is 1. The van der Waals surface area contributed by atoms with Crippen molar-refractivity contribution in [2.75, 3.05) is 20.8 Å². The molecular formula is C20H24ClNO4. The summed E-state index contributed by atoms with van der Waals surface area (Å²) >= 11 is 6.00. The van der Waals surface area contributed by atoms with E-state index in [1.165, 1.54) is 0 Å². The molecule has 2 aromatic carbocycles. The Labute approximate surface area is 159 Å². The lowest BCUT2D eigenvalue weighted by molar-refractivity contribution is -0.127. The van der Waals surface area contributed by atoms with Gasteiger partial charge in [-0.05, 0) is 61.7 Å². The van der Waals surface area contributed by atoms with E-state index in [2.05, 4.69) is 5.32 Å². The van der Waals surface area contributed by atoms with Crippen LogP contribution < -0.4 is 19.5 Å². The average Bonchev–Trinajstić information content (AvgIpc) is 2.64. The van der Waals surface area contributed by atoms with Gasteiger partial charge in [0, 0.05) is 11.6 Å². The van der Waals surface area contributed by atoms with E-state index < -0.39 is 6.10 Å². The summed E-state index contributed by atoms with van der Waals surface area (Å²) in [4.78, 5) is 12.2. The van der Waals surface area contributed by atoms with Crippen LogP contribution in [-0.2, 0) is 11.2 Å². The molecule has 0 saturated carbocycles. The summed E-state index contributed by atoms with van der Waals surface area (Å²) in [6.07, 6.45) is 0.0831. The van der Waals surface area contributed by atoms with Crippen LogP contribution in [0.2, 0.25) is 5.02 Å². The van der Waals surface area contributed by atoms with E-state index >= 15 is 0 Å². The van der Waals surface area contributed by atoms with Gasteiger partial charge in [0.05, 0.1) is 14.2 Å². The molecular weight excluding hydrogens is 354 g/mol. The Kier molecular flexibility index (Phi) is 7.16. The smallest absolute Gasteiger partial charge is 0.260 e. The number of halogens is 1. The molecule has 1 atom stereocenters. The predicted octanol–water partition coefficient (Wildman–Crippen LogP) is 3.79. The third kappa shape index (κ3) is 5.30. The van der Waals surface area contributed by atoms with Crippen molar-refractivity contribution in [3.63, 3.8) is 0 Å². The first-order chi connectivity index (χ1) is 12.4. The maximum Gasteiger partial charge on any atom is 0.260 e. The number of carbonyl (C=O) groups excluding carboxylic acids is 1. The van der Waals surface area contributed by atoms with Gasteiger partial charge in [-0.15, -0.1) is 0 Å². The van der Waals surface area contributed by atoms with E-state index in [9.17, 15) is 4.79 Å². The standard InChI is InChI=1S/C20H24ClNO4/c1-13-11-16(6-7-17(13)21)26-14(2)20(23)22-10-9-15-5-8-18(24-3)19(12-15)25-4/h5-8,11-12,14H,9-10H2,1-4H3,(H,22,23)/t14-/m0/s1. The van der Waals surface area contributed by atoms with Gasteiger partial charge in [0.2, 0.25) is 0 Å². The number of carbonyl (C=O) groups is 1. The van der Waals surface area contributed by atoms with Crippen LogP contribution in [0.15, 0.2) is 36.4 Å². The minimum absolute atomic E-state index is 0.168. The lowest BCUT2D eigenvalue weighted by Gasteiger charge is -2.15.